The lowest BCUT2D eigenvalue weighted by Crippen LogP contribution is -2.26. The van der Waals surface area contributed by atoms with Crippen molar-refractivity contribution in [3.63, 3.8) is 0 Å². The molecule has 2 heterocycles. The van der Waals surface area contributed by atoms with E-state index >= 15 is 0 Å². The highest BCUT2D eigenvalue weighted by Crippen LogP contribution is 2.22. The van der Waals surface area contributed by atoms with Crippen LogP contribution in [0.25, 0.3) is 5.78 Å². The molecule has 0 aliphatic rings. The second-order valence-corrected chi connectivity index (χ2v) is 8.96. The minimum Gasteiger partial charge on any atom is -0.345 e. The van der Waals surface area contributed by atoms with E-state index in [1.807, 2.05) is 19.9 Å². The Morgan fingerprint density at radius 2 is 1.93 bits per heavy atom. The Morgan fingerprint density at radius 3 is 2.61 bits per heavy atom. The van der Waals surface area contributed by atoms with Gasteiger partial charge in [-0.15, -0.1) is 10.2 Å². The average Bonchev–Trinajstić information content (AvgIpc) is 3.02. The van der Waals surface area contributed by atoms with Crippen LogP contribution in [-0.2, 0) is 16.6 Å². The molecule has 0 radical (unpaired) electrons. The maximum atomic E-state index is 12.6. The van der Waals surface area contributed by atoms with Gasteiger partial charge in [0.05, 0.1) is 22.0 Å². The molecular formula is C17H19ClN6O3S. The molecule has 28 heavy (non-hydrogen) atoms. The zero-order valence-electron chi connectivity index (χ0n) is 15.8. The van der Waals surface area contributed by atoms with Crippen molar-refractivity contribution < 1.29 is 13.2 Å². The van der Waals surface area contributed by atoms with E-state index in [0.717, 1.165) is 15.7 Å². The van der Waals surface area contributed by atoms with Crippen molar-refractivity contribution in [1.82, 2.24) is 29.2 Å². The van der Waals surface area contributed by atoms with Gasteiger partial charge in [0.25, 0.3) is 11.7 Å². The average molecular weight is 423 g/mol. The smallest absolute Gasteiger partial charge is 0.255 e. The van der Waals surface area contributed by atoms with Crippen LogP contribution in [0.2, 0.25) is 5.02 Å². The van der Waals surface area contributed by atoms with Crippen molar-refractivity contribution in [2.75, 3.05) is 14.1 Å². The molecule has 0 atom stereocenters. The molecule has 3 aromatic rings. The molecule has 1 N–H and O–H groups in total. The first-order valence-corrected chi connectivity index (χ1v) is 10.1. The van der Waals surface area contributed by atoms with Crippen LogP contribution in [0.4, 0.5) is 0 Å². The molecule has 0 saturated carbocycles. The lowest BCUT2D eigenvalue weighted by atomic mass is 10.2. The first kappa shape index (κ1) is 20.2. The summed E-state index contributed by atoms with van der Waals surface area (Å²) in [5.41, 5.74) is 1.76. The first-order chi connectivity index (χ1) is 13.1. The van der Waals surface area contributed by atoms with Gasteiger partial charge in [-0.1, -0.05) is 11.6 Å². The number of aromatic nitrogens is 4. The van der Waals surface area contributed by atoms with Gasteiger partial charge < -0.3 is 5.32 Å². The Balaban J connectivity index is 1.87. The molecule has 9 nitrogen and oxygen atoms in total. The van der Waals surface area contributed by atoms with E-state index < -0.39 is 15.9 Å². The predicted molar refractivity (Wildman–Crippen MR) is 104 cm³/mol. The summed E-state index contributed by atoms with van der Waals surface area (Å²) in [5.74, 6) is 0.427. The molecule has 0 spiro atoms. The zero-order valence-corrected chi connectivity index (χ0v) is 17.3. The summed E-state index contributed by atoms with van der Waals surface area (Å²) in [4.78, 5) is 16.9. The molecule has 0 saturated heterocycles. The van der Waals surface area contributed by atoms with E-state index in [1.54, 1.807) is 4.40 Å². The van der Waals surface area contributed by atoms with Gasteiger partial charge in [0.15, 0.2) is 5.82 Å². The maximum Gasteiger partial charge on any atom is 0.255 e. The number of hydrogen-bond donors (Lipinski definition) is 1. The predicted octanol–water partition coefficient (Wildman–Crippen LogP) is 1.57. The third-order valence-electron chi connectivity index (χ3n) is 4.13. The number of carbonyl (C=O) groups is 1. The minimum absolute atomic E-state index is 0.0181. The molecule has 2 aromatic heterocycles. The number of sulfonamides is 1. The highest BCUT2D eigenvalue weighted by molar-refractivity contribution is 7.89. The summed E-state index contributed by atoms with van der Waals surface area (Å²) in [6.07, 6.45) is 0. The van der Waals surface area contributed by atoms with E-state index in [1.165, 1.54) is 32.3 Å². The molecule has 1 amide bonds. The number of hydrogen-bond acceptors (Lipinski definition) is 6. The molecule has 0 aliphatic carbocycles. The summed E-state index contributed by atoms with van der Waals surface area (Å²) < 4.78 is 27.4. The van der Waals surface area contributed by atoms with Crippen LogP contribution < -0.4 is 5.32 Å². The molecule has 0 unspecified atom stereocenters. The molecule has 0 fully saturated rings. The summed E-state index contributed by atoms with van der Waals surface area (Å²) >= 11 is 6.11. The van der Waals surface area contributed by atoms with Crippen molar-refractivity contribution in [1.29, 1.82) is 0 Å². The standard InChI is InChI=1S/C17H19ClN6O3S/c1-10-7-11(2)24-15(21-22-17(24)20-10)9-19-16(25)13-8-12(5-6-14(13)18)28(26,27)23(3)4/h5-8H,9H2,1-4H3,(H,19,25). The van der Waals surface area contributed by atoms with E-state index in [-0.39, 0.29) is 22.0 Å². The topological polar surface area (TPSA) is 110 Å². The van der Waals surface area contributed by atoms with Gasteiger partial charge in [-0.05, 0) is 38.1 Å². The van der Waals surface area contributed by atoms with E-state index in [9.17, 15) is 13.2 Å². The lowest BCUT2D eigenvalue weighted by molar-refractivity contribution is 0.0949. The monoisotopic (exact) mass is 422 g/mol. The highest BCUT2D eigenvalue weighted by Gasteiger charge is 2.21. The van der Waals surface area contributed by atoms with Crippen molar-refractivity contribution in [3.8, 4) is 0 Å². The molecule has 0 bridgehead atoms. The lowest BCUT2D eigenvalue weighted by Gasteiger charge is -2.13. The Hall–Kier alpha value is -2.56. The number of nitrogens with one attached hydrogen (secondary N) is 1. The van der Waals surface area contributed by atoms with Crippen LogP contribution in [0, 0.1) is 13.8 Å². The van der Waals surface area contributed by atoms with E-state index in [2.05, 4.69) is 20.5 Å². The maximum absolute atomic E-state index is 12.6. The van der Waals surface area contributed by atoms with Crippen LogP contribution in [0.5, 0.6) is 0 Å². The SMILES string of the molecule is Cc1cc(C)n2c(CNC(=O)c3cc(S(=O)(=O)N(C)C)ccc3Cl)nnc2n1. The van der Waals surface area contributed by atoms with Crippen molar-refractivity contribution in [2.45, 2.75) is 25.3 Å². The fraction of sp³-hybridized carbons (Fsp3) is 0.294. The second-order valence-electron chi connectivity index (χ2n) is 6.40. The molecule has 148 valence electrons. The molecule has 11 heteroatoms. The number of nitrogens with zero attached hydrogens (tertiary/aromatic N) is 5. The van der Waals surface area contributed by atoms with Crippen molar-refractivity contribution >= 4 is 33.3 Å². The van der Waals surface area contributed by atoms with Crippen LogP contribution >= 0.6 is 11.6 Å². The molecule has 1 aromatic carbocycles. The molecular weight excluding hydrogens is 404 g/mol. The molecule has 3 rings (SSSR count). The van der Waals surface area contributed by atoms with Crippen molar-refractivity contribution in [3.05, 3.63) is 52.1 Å². The fourth-order valence-electron chi connectivity index (χ4n) is 2.72. The Labute approximate surface area is 167 Å². The van der Waals surface area contributed by atoms with Gasteiger partial charge >= 0.3 is 0 Å². The number of carbonyl (C=O) groups excluding carboxylic acids is 1. The fourth-order valence-corrected chi connectivity index (χ4v) is 3.85. The van der Waals surface area contributed by atoms with Gasteiger partial charge in [-0.3, -0.25) is 9.20 Å². The van der Waals surface area contributed by atoms with Gasteiger partial charge in [0.1, 0.15) is 0 Å². The zero-order chi connectivity index (χ0) is 20.6. The summed E-state index contributed by atoms with van der Waals surface area (Å²) in [6.45, 7) is 3.83. The number of benzene rings is 1. The summed E-state index contributed by atoms with van der Waals surface area (Å²) in [7, 11) is -0.857. The number of rotatable bonds is 5. The van der Waals surface area contributed by atoms with Gasteiger partial charge in [-0.25, -0.2) is 17.7 Å². The normalized spacial score (nSPS) is 11.9. The first-order valence-electron chi connectivity index (χ1n) is 8.30. The Bertz CT molecular complexity index is 1170. The number of fused-ring (bicyclic) bond motifs is 1. The Morgan fingerprint density at radius 1 is 1.21 bits per heavy atom. The van der Waals surface area contributed by atoms with Crippen LogP contribution in [0.3, 0.4) is 0 Å². The number of amides is 1. The quantitative estimate of drug-likeness (QED) is 0.668. The van der Waals surface area contributed by atoms with Crippen LogP contribution in [0.15, 0.2) is 29.2 Å². The number of aryl methyl sites for hydroxylation is 2. The van der Waals surface area contributed by atoms with Crippen LogP contribution in [0.1, 0.15) is 27.6 Å². The van der Waals surface area contributed by atoms with Crippen molar-refractivity contribution in [2.24, 2.45) is 0 Å². The van der Waals surface area contributed by atoms with Crippen LogP contribution in [-0.4, -0.2) is 52.3 Å². The third-order valence-corrected chi connectivity index (χ3v) is 6.27. The van der Waals surface area contributed by atoms with Gasteiger partial charge in [-0.2, -0.15) is 0 Å². The third kappa shape index (κ3) is 3.71. The summed E-state index contributed by atoms with van der Waals surface area (Å²) in [6, 6.07) is 5.88. The highest BCUT2D eigenvalue weighted by atomic mass is 35.5. The summed E-state index contributed by atoms with van der Waals surface area (Å²) in [5, 5.41) is 10.9. The van der Waals surface area contributed by atoms with E-state index in [0.29, 0.717) is 11.6 Å². The van der Waals surface area contributed by atoms with E-state index in [4.69, 9.17) is 11.6 Å². The second kappa shape index (κ2) is 7.46. The largest absolute Gasteiger partial charge is 0.345 e. The van der Waals surface area contributed by atoms with Gasteiger partial charge in [0, 0.05) is 25.5 Å². The number of halogens is 1. The molecule has 0 aliphatic heterocycles. The Kier molecular flexibility index (Phi) is 5.37. The minimum atomic E-state index is -3.69. The van der Waals surface area contributed by atoms with Gasteiger partial charge in [0.2, 0.25) is 10.0 Å².